The molecule has 0 unspecified atom stereocenters. The molecule has 0 aliphatic carbocycles. The van der Waals surface area contributed by atoms with Gasteiger partial charge in [-0.1, -0.05) is 41.4 Å². The van der Waals surface area contributed by atoms with Crippen LogP contribution in [-0.2, 0) is 6.61 Å². The fourth-order valence-corrected chi connectivity index (χ4v) is 3.60. The average Bonchev–Trinajstić information content (AvgIpc) is 3.07. The molecule has 0 atom stereocenters. The number of benzene rings is 2. The van der Waals surface area contributed by atoms with Crippen LogP contribution >= 0.6 is 11.6 Å². The molecule has 1 N–H and O–H groups in total. The zero-order valence-corrected chi connectivity index (χ0v) is 18.3. The maximum atomic E-state index is 12.8. The Morgan fingerprint density at radius 2 is 1.87 bits per heavy atom. The number of halogens is 1. The molecule has 0 bridgehead atoms. The Labute approximate surface area is 183 Å². The predicted molar refractivity (Wildman–Crippen MR) is 118 cm³/mol. The van der Waals surface area contributed by atoms with Gasteiger partial charge >= 0.3 is 5.69 Å². The smallest absolute Gasteiger partial charge is 0.332 e. The quantitative estimate of drug-likeness (QED) is 0.487. The van der Waals surface area contributed by atoms with Crippen LogP contribution in [0.3, 0.4) is 0 Å². The zero-order chi connectivity index (χ0) is 22.1. The van der Waals surface area contributed by atoms with Crippen molar-refractivity contribution in [1.29, 1.82) is 0 Å². The first-order chi connectivity index (χ1) is 14.9. The van der Waals surface area contributed by atoms with Gasteiger partial charge in [-0.15, -0.1) is 0 Å². The third kappa shape index (κ3) is 3.94. The van der Waals surface area contributed by atoms with E-state index in [0.29, 0.717) is 45.8 Å². The minimum atomic E-state index is -0.426. The number of nitrogens with zero attached hydrogens (tertiary/aromatic N) is 3. The normalized spacial score (nSPS) is 11.0. The van der Waals surface area contributed by atoms with Crippen LogP contribution in [0.4, 0.5) is 0 Å². The number of imidazole rings is 1. The molecule has 0 spiro atoms. The molecule has 8 nitrogen and oxygen atoms in total. The summed E-state index contributed by atoms with van der Waals surface area (Å²) in [5.41, 5.74) is 2.86. The average molecular weight is 441 g/mol. The second kappa shape index (κ2) is 8.31. The molecule has 4 aromatic rings. The molecule has 31 heavy (non-hydrogen) atoms. The number of nitrogens with one attached hydrogen (secondary N) is 1. The van der Waals surface area contributed by atoms with Crippen molar-refractivity contribution in [2.75, 3.05) is 14.2 Å². The lowest BCUT2D eigenvalue weighted by Gasteiger charge is -2.14. The molecule has 0 radical (unpaired) electrons. The van der Waals surface area contributed by atoms with E-state index in [1.165, 1.54) is 18.8 Å². The van der Waals surface area contributed by atoms with E-state index < -0.39 is 5.69 Å². The Balaban J connectivity index is 1.83. The zero-order valence-electron chi connectivity index (χ0n) is 17.5. The Morgan fingerprint density at radius 1 is 1.06 bits per heavy atom. The van der Waals surface area contributed by atoms with Crippen molar-refractivity contribution in [3.8, 4) is 23.1 Å². The fourth-order valence-electron chi connectivity index (χ4n) is 3.37. The monoisotopic (exact) mass is 440 g/mol. The Kier molecular flexibility index (Phi) is 5.56. The summed E-state index contributed by atoms with van der Waals surface area (Å²) in [5, 5.41) is 0.304. The Hall–Kier alpha value is -3.52. The number of aromatic nitrogens is 4. The topological polar surface area (TPSA) is 91.3 Å². The number of rotatable bonds is 6. The number of hydrogen-bond acceptors (Lipinski definition) is 6. The van der Waals surface area contributed by atoms with Crippen molar-refractivity contribution < 1.29 is 14.2 Å². The second-order valence-corrected chi connectivity index (χ2v) is 7.38. The summed E-state index contributed by atoms with van der Waals surface area (Å²) in [6.07, 6.45) is 0. The van der Waals surface area contributed by atoms with Crippen molar-refractivity contribution in [3.05, 3.63) is 68.9 Å². The third-order valence-electron chi connectivity index (χ3n) is 4.76. The number of aryl methyl sites for hydroxylation is 2. The van der Waals surface area contributed by atoms with Gasteiger partial charge in [-0.05, 0) is 19.4 Å². The Bertz CT molecular complexity index is 1330. The summed E-state index contributed by atoms with van der Waals surface area (Å²) >= 11 is 6.51. The summed E-state index contributed by atoms with van der Waals surface area (Å²) in [4.78, 5) is 24.2. The number of hydrogen-bond donors (Lipinski definition) is 1. The molecule has 0 aliphatic rings. The molecule has 0 aliphatic heterocycles. The number of ether oxygens (including phenoxy) is 3. The molecular weight excluding hydrogens is 420 g/mol. The highest BCUT2D eigenvalue weighted by Gasteiger charge is 2.20. The maximum Gasteiger partial charge on any atom is 0.332 e. The van der Waals surface area contributed by atoms with Gasteiger partial charge in [0.2, 0.25) is 5.88 Å². The summed E-state index contributed by atoms with van der Waals surface area (Å²) in [6.45, 7) is 4.07. The minimum Gasteiger partial charge on any atom is -0.493 e. The van der Waals surface area contributed by atoms with Gasteiger partial charge in [0.05, 0.1) is 24.9 Å². The highest BCUT2D eigenvalue weighted by Crippen LogP contribution is 2.36. The molecule has 0 saturated heterocycles. The van der Waals surface area contributed by atoms with Crippen LogP contribution in [0, 0.1) is 13.8 Å². The van der Waals surface area contributed by atoms with E-state index in [1.54, 1.807) is 19.1 Å². The summed E-state index contributed by atoms with van der Waals surface area (Å²) in [7, 11) is 3.01. The lowest BCUT2D eigenvalue weighted by molar-refractivity contribution is 0.284. The predicted octanol–water partition coefficient (Wildman–Crippen LogP) is 3.98. The van der Waals surface area contributed by atoms with Gasteiger partial charge in [-0.3, -0.25) is 4.98 Å². The number of fused-ring (bicyclic) bond motifs is 1. The lowest BCUT2D eigenvalue weighted by atomic mass is 10.1. The molecule has 9 heteroatoms. The molecule has 160 valence electrons. The van der Waals surface area contributed by atoms with E-state index in [9.17, 15) is 4.79 Å². The van der Waals surface area contributed by atoms with Crippen molar-refractivity contribution in [3.63, 3.8) is 0 Å². The van der Waals surface area contributed by atoms with Crippen LogP contribution < -0.4 is 19.9 Å². The van der Waals surface area contributed by atoms with Crippen molar-refractivity contribution in [1.82, 2.24) is 19.5 Å². The van der Waals surface area contributed by atoms with Gasteiger partial charge in [0.1, 0.15) is 17.9 Å². The van der Waals surface area contributed by atoms with Gasteiger partial charge in [-0.2, -0.15) is 4.98 Å². The second-order valence-electron chi connectivity index (χ2n) is 6.98. The molecule has 2 aromatic heterocycles. The summed E-state index contributed by atoms with van der Waals surface area (Å²) in [5.74, 6) is 1.64. The first-order valence-electron chi connectivity index (χ1n) is 9.51. The molecule has 2 heterocycles. The van der Waals surface area contributed by atoms with Gasteiger partial charge < -0.3 is 14.2 Å². The molecule has 4 rings (SSSR count). The van der Waals surface area contributed by atoms with Crippen molar-refractivity contribution >= 4 is 22.8 Å². The van der Waals surface area contributed by atoms with E-state index in [0.717, 1.165) is 11.1 Å². The molecule has 0 fully saturated rings. The van der Waals surface area contributed by atoms with Gasteiger partial charge in [-0.25, -0.2) is 14.3 Å². The van der Waals surface area contributed by atoms with E-state index in [4.69, 9.17) is 25.8 Å². The van der Waals surface area contributed by atoms with E-state index in [1.807, 2.05) is 31.2 Å². The van der Waals surface area contributed by atoms with E-state index in [2.05, 4.69) is 15.0 Å². The van der Waals surface area contributed by atoms with Crippen molar-refractivity contribution in [2.24, 2.45) is 0 Å². The highest BCUT2D eigenvalue weighted by molar-refractivity contribution is 6.32. The third-order valence-corrected chi connectivity index (χ3v) is 5.06. The van der Waals surface area contributed by atoms with Crippen LogP contribution in [0.5, 0.6) is 17.4 Å². The van der Waals surface area contributed by atoms with Crippen LogP contribution in [0.15, 0.2) is 41.2 Å². The van der Waals surface area contributed by atoms with Gasteiger partial charge in [0.15, 0.2) is 17.1 Å². The first-order valence-corrected chi connectivity index (χ1v) is 9.88. The van der Waals surface area contributed by atoms with E-state index >= 15 is 0 Å². The minimum absolute atomic E-state index is 0.277. The summed E-state index contributed by atoms with van der Waals surface area (Å²) < 4.78 is 18.1. The first kappa shape index (κ1) is 20.7. The lowest BCUT2D eigenvalue weighted by Crippen LogP contribution is -2.16. The largest absolute Gasteiger partial charge is 0.493 e. The van der Waals surface area contributed by atoms with Crippen LogP contribution in [0.2, 0.25) is 5.02 Å². The van der Waals surface area contributed by atoms with Crippen LogP contribution in [0.25, 0.3) is 16.9 Å². The van der Waals surface area contributed by atoms with Gasteiger partial charge in [0, 0.05) is 12.1 Å². The van der Waals surface area contributed by atoms with Crippen LogP contribution in [0.1, 0.15) is 17.0 Å². The molecule has 2 aromatic carbocycles. The van der Waals surface area contributed by atoms with Crippen molar-refractivity contribution in [2.45, 2.75) is 20.5 Å². The highest BCUT2D eigenvalue weighted by atomic mass is 35.5. The summed E-state index contributed by atoms with van der Waals surface area (Å²) in [6, 6.07) is 11.3. The molecule has 0 saturated carbocycles. The maximum absolute atomic E-state index is 12.8. The molecule has 0 amide bonds. The standard InChI is InChI=1S/C22H21ClN4O4/c1-12-6-5-7-14(8-12)11-31-18-10-16(15(23)9-17(18)29-3)27-20-19(26-22(27)28)21(30-4)25-13(2)24-20/h5-10H,11H2,1-4H3,(H,26,28). The van der Waals surface area contributed by atoms with Crippen LogP contribution in [-0.4, -0.2) is 33.7 Å². The number of methoxy groups -OCH3 is 2. The number of aromatic amines is 1. The number of H-pyrrole nitrogens is 1. The Morgan fingerprint density at radius 3 is 2.58 bits per heavy atom. The fraction of sp³-hybridized carbons (Fsp3) is 0.227. The van der Waals surface area contributed by atoms with Gasteiger partial charge in [0.25, 0.3) is 0 Å². The van der Waals surface area contributed by atoms with E-state index in [-0.39, 0.29) is 5.88 Å². The SMILES string of the molecule is COc1cc(Cl)c(-n2c(=O)[nH]c3c(OC)nc(C)nc32)cc1OCc1cccc(C)c1. The molecular formula is C22H21ClN4O4.